The van der Waals surface area contributed by atoms with Crippen LogP contribution in [0.3, 0.4) is 0 Å². The van der Waals surface area contributed by atoms with Crippen molar-refractivity contribution in [3.8, 4) is 0 Å². The van der Waals surface area contributed by atoms with E-state index in [4.69, 9.17) is 16.7 Å². The molecule has 0 unspecified atom stereocenters. The molecule has 1 saturated heterocycles. The molecule has 120 valence electrons. The van der Waals surface area contributed by atoms with Crippen LogP contribution in [-0.2, 0) is 16.4 Å². The number of hydrogen-bond acceptors (Lipinski definition) is 4. The van der Waals surface area contributed by atoms with E-state index in [1.807, 2.05) is 18.2 Å². The molecule has 1 fully saturated rings. The molecule has 0 aliphatic carbocycles. The summed E-state index contributed by atoms with van der Waals surface area (Å²) in [6.07, 6.45) is 2.01. The van der Waals surface area contributed by atoms with Crippen LogP contribution in [0.5, 0.6) is 0 Å². The van der Waals surface area contributed by atoms with Crippen LogP contribution in [0.15, 0.2) is 18.2 Å². The lowest BCUT2D eigenvalue weighted by molar-refractivity contribution is 0.231. The van der Waals surface area contributed by atoms with Gasteiger partial charge in [0, 0.05) is 18.0 Å². The number of halogens is 1. The third-order valence-electron chi connectivity index (χ3n) is 4.16. The molecule has 22 heavy (non-hydrogen) atoms. The number of piperidine rings is 1. The summed E-state index contributed by atoms with van der Waals surface area (Å²) in [6.45, 7) is 2.37. The molecule has 0 bridgehead atoms. The van der Waals surface area contributed by atoms with Gasteiger partial charge in [-0.2, -0.15) is 0 Å². The average molecular weight is 343 g/mol. The van der Waals surface area contributed by atoms with Crippen molar-refractivity contribution >= 4 is 32.7 Å². The Labute approximate surface area is 134 Å². The zero-order chi connectivity index (χ0) is 15.7. The zero-order valence-electron chi connectivity index (χ0n) is 12.1. The Morgan fingerprint density at radius 3 is 2.77 bits per heavy atom. The van der Waals surface area contributed by atoms with Gasteiger partial charge in [-0.25, -0.2) is 18.5 Å². The molecule has 0 spiro atoms. The number of nitrogens with two attached hydrogens (primary N) is 1. The molecule has 3 N–H and O–H groups in total. The fourth-order valence-electron chi connectivity index (χ4n) is 2.88. The van der Waals surface area contributed by atoms with Crippen LogP contribution >= 0.6 is 11.6 Å². The van der Waals surface area contributed by atoms with Crippen molar-refractivity contribution in [3.63, 3.8) is 0 Å². The van der Waals surface area contributed by atoms with Crippen molar-refractivity contribution in [3.05, 3.63) is 29.0 Å². The standard InChI is InChI=1S/C14H19ClN4O2S/c15-10-1-2-12-13(9-10)18-14(17-12)5-8-19-6-3-11(4-7-19)22(16,20)21/h1-2,9,11H,3-8H2,(H,17,18)(H2,16,20,21). The second kappa shape index (κ2) is 6.16. The van der Waals surface area contributed by atoms with Gasteiger partial charge < -0.3 is 9.88 Å². The number of H-pyrrole nitrogens is 1. The van der Waals surface area contributed by atoms with Crippen LogP contribution in [0, 0.1) is 0 Å². The predicted octanol–water partition coefficient (Wildman–Crippen LogP) is 1.51. The number of benzene rings is 1. The number of aromatic nitrogens is 2. The van der Waals surface area contributed by atoms with E-state index < -0.39 is 15.3 Å². The summed E-state index contributed by atoms with van der Waals surface area (Å²) in [5.41, 5.74) is 1.85. The van der Waals surface area contributed by atoms with Crippen molar-refractivity contribution in [1.82, 2.24) is 14.9 Å². The summed E-state index contributed by atoms with van der Waals surface area (Å²) in [5, 5.41) is 5.50. The van der Waals surface area contributed by atoms with E-state index >= 15 is 0 Å². The first kappa shape index (κ1) is 15.7. The molecule has 0 amide bonds. The molecule has 0 saturated carbocycles. The molecule has 6 nitrogen and oxygen atoms in total. The Bertz CT molecular complexity index is 766. The second-order valence-corrected chi connectivity index (χ2v) is 8.01. The molecular weight excluding hydrogens is 324 g/mol. The quantitative estimate of drug-likeness (QED) is 0.881. The van der Waals surface area contributed by atoms with Crippen LogP contribution < -0.4 is 5.14 Å². The van der Waals surface area contributed by atoms with Gasteiger partial charge in [-0.15, -0.1) is 0 Å². The fourth-order valence-corrected chi connectivity index (χ4v) is 3.92. The number of aromatic amines is 1. The third-order valence-corrected chi connectivity index (χ3v) is 5.79. The number of nitrogens with one attached hydrogen (secondary N) is 1. The van der Waals surface area contributed by atoms with Gasteiger partial charge in [0.15, 0.2) is 0 Å². The van der Waals surface area contributed by atoms with Gasteiger partial charge in [-0.05, 0) is 44.1 Å². The highest BCUT2D eigenvalue weighted by Gasteiger charge is 2.26. The fraction of sp³-hybridized carbons (Fsp3) is 0.500. The highest BCUT2D eigenvalue weighted by Crippen LogP contribution is 2.19. The zero-order valence-corrected chi connectivity index (χ0v) is 13.7. The first-order chi connectivity index (χ1) is 10.4. The van der Waals surface area contributed by atoms with E-state index in [9.17, 15) is 8.42 Å². The van der Waals surface area contributed by atoms with Crippen molar-refractivity contribution in [2.75, 3.05) is 19.6 Å². The number of sulfonamides is 1. The van der Waals surface area contributed by atoms with Crippen molar-refractivity contribution in [2.45, 2.75) is 24.5 Å². The lowest BCUT2D eigenvalue weighted by Gasteiger charge is -2.30. The largest absolute Gasteiger partial charge is 0.342 e. The monoisotopic (exact) mass is 342 g/mol. The number of rotatable bonds is 4. The van der Waals surface area contributed by atoms with Gasteiger partial charge in [0.25, 0.3) is 0 Å². The summed E-state index contributed by atoms with van der Waals surface area (Å²) in [4.78, 5) is 10.1. The Kier molecular flexibility index (Phi) is 4.40. The number of likely N-dealkylation sites (tertiary alicyclic amines) is 1. The maximum Gasteiger partial charge on any atom is 0.212 e. The van der Waals surface area contributed by atoms with Crippen molar-refractivity contribution < 1.29 is 8.42 Å². The summed E-state index contributed by atoms with van der Waals surface area (Å²) in [5.74, 6) is 0.922. The van der Waals surface area contributed by atoms with Crippen LogP contribution in [0.1, 0.15) is 18.7 Å². The minimum Gasteiger partial charge on any atom is -0.342 e. The summed E-state index contributed by atoms with van der Waals surface area (Å²) in [6, 6.07) is 5.59. The minimum atomic E-state index is -3.40. The van der Waals surface area contributed by atoms with Crippen molar-refractivity contribution in [2.24, 2.45) is 5.14 Å². The van der Waals surface area contributed by atoms with E-state index in [-0.39, 0.29) is 0 Å². The lowest BCUT2D eigenvalue weighted by atomic mass is 10.1. The highest BCUT2D eigenvalue weighted by atomic mass is 35.5. The van der Waals surface area contributed by atoms with E-state index in [0.29, 0.717) is 17.9 Å². The number of primary sulfonamides is 1. The SMILES string of the molecule is NS(=O)(=O)C1CCN(CCc2nc3ccc(Cl)cc3[nH]2)CC1. The smallest absolute Gasteiger partial charge is 0.212 e. The van der Waals surface area contributed by atoms with Gasteiger partial charge in [-0.3, -0.25) is 0 Å². The van der Waals surface area contributed by atoms with Gasteiger partial charge in [0.1, 0.15) is 5.82 Å². The van der Waals surface area contributed by atoms with Crippen LogP contribution in [0.4, 0.5) is 0 Å². The molecule has 1 aromatic carbocycles. The van der Waals surface area contributed by atoms with Crippen molar-refractivity contribution in [1.29, 1.82) is 0 Å². The van der Waals surface area contributed by atoms with E-state index in [1.165, 1.54) is 0 Å². The maximum atomic E-state index is 11.3. The van der Waals surface area contributed by atoms with E-state index in [0.717, 1.165) is 42.9 Å². The average Bonchev–Trinajstić information content (AvgIpc) is 2.86. The van der Waals surface area contributed by atoms with E-state index in [1.54, 1.807) is 0 Å². The molecule has 2 aromatic rings. The number of fused-ring (bicyclic) bond motifs is 1. The Morgan fingerprint density at radius 1 is 1.36 bits per heavy atom. The molecule has 0 radical (unpaired) electrons. The molecule has 1 aliphatic rings. The topological polar surface area (TPSA) is 92.1 Å². The summed E-state index contributed by atoms with van der Waals surface area (Å²) < 4.78 is 22.7. The first-order valence-corrected chi connectivity index (χ1v) is 9.29. The predicted molar refractivity (Wildman–Crippen MR) is 87.4 cm³/mol. The van der Waals surface area contributed by atoms with Crippen LogP contribution in [0.2, 0.25) is 5.02 Å². The molecule has 2 heterocycles. The Morgan fingerprint density at radius 2 is 2.09 bits per heavy atom. The normalized spacial score (nSPS) is 18.1. The lowest BCUT2D eigenvalue weighted by Crippen LogP contribution is -2.42. The van der Waals surface area contributed by atoms with Crippen LogP contribution in [-0.4, -0.2) is 48.2 Å². The van der Waals surface area contributed by atoms with Gasteiger partial charge >= 0.3 is 0 Å². The molecule has 1 aromatic heterocycles. The third kappa shape index (κ3) is 3.60. The second-order valence-electron chi connectivity index (χ2n) is 5.72. The van der Waals surface area contributed by atoms with E-state index in [2.05, 4.69) is 14.9 Å². The molecule has 3 rings (SSSR count). The maximum absolute atomic E-state index is 11.3. The Hall–Kier alpha value is -1.15. The summed E-state index contributed by atoms with van der Waals surface area (Å²) >= 11 is 5.96. The van der Waals surface area contributed by atoms with Gasteiger partial charge in [-0.1, -0.05) is 11.6 Å². The van der Waals surface area contributed by atoms with Gasteiger partial charge in [0.2, 0.25) is 10.0 Å². The molecular formula is C14H19ClN4O2S. The van der Waals surface area contributed by atoms with Gasteiger partial charge in [0.05, 0.1) is 16.3 Å². The first-order valence-electron chi connectivity index (χ1n) is 7.30. The Balaban J connectivity index is 1.56. The molecule has 0 atom stereocenters. The molecule has 1 aliphatic heterocycles. The number of nitrogens with zero attached hydrogens (tertiary/aromatic N) is 2. The highest BCUT2D eigenvalue weighted by molar-refractivity contribution is 7.89. The molecule has 8 heteroatoms. The van der Waals surface area contributed by atoms with Crippen LogP contribution in [0.25, 0.3) is 11.0 Å². The number of imidazole rings is 1. The number of hydrogen-bond donors (Lipinski definition) is 2. The summed E-state index contributed by atoms with van der Waals surface area (Å²) in [7, 11) is -3.40. The minimum absolute atomic E-state index is 0.392.